The Morgan fingerprint density at radius 1 is 1.05 bits per heavy atom. The van der Waals surface area contributed by atoms with Crippen LogP contribution in [0.15, 0.2) is 54.6 Å². The van der Waals surface area contributed by atoms with Gasteiger partial charge in [0.15, 0.2) is 0 Å². The molecule has 0 amide bonds. The van der Waals surface area contributed by atoms with E-state index in [1.807, 2.05) is 12.1 Å². The predicted molar refractivity (Wildman–Crippen MR) is 90.7 cm³/mol. The topological polar surface area (TPSA) is 29.3 Å². The van der Waals surface area contributed by atoms with Crippen LogP contribution < -0.4 is 5.73 Å². The van der Waals surface area contributed by atoms with E-state index in [1.54, 1.807) is 12.1 Å². The second-order valence-corrected chi connectivity index (χ2v) is 5.84. The van der Waals surface area contributed by atoms with Crippen LogP contribution in [-0.2, 0) is 6.54 Å². The van der Waals surface area contributed by atoms with Crippen LogP contribution in [0.25, 0.3) is 0 Å². The van der Waals surface area contributed by atoms with Crippen molar-refractivity contribution in [3.8, 4) is 0 Å². The number of nitrogens with zero attached hydrogens (tertiary/aromatic N) is 1. The third-order valence-corrected chi connectivity index (χ3v) is 4.34. The highest BCUT2D eigenvalue weighted by atomic mass is 35.5. The number of rotatable bonds is 4. The van der Waals surface area contributed by atoms with Gasteiger partial charge in [-0.05, 0) is 35.7 Å². The quantitative estimate of drug-likeness (QED) is 0.935. The van der Waals surface area contributed by atoms with Crippen LogP contribution in [0, 0.1) is 11.7 Å². The Labute approximate surface area is 137 Å². The Hall–Kier alpha value is -1.42. The van der Waals surface area contributed by atoms with Gasteiger partial charge in [-0.2, -0.15) is 0 Å². The van der Waals surface area contributed by atoms with E-state index in [2.05, 4.69) is 29.2 Å². The minimum Gasteiger partial charge on any atom is -0.330 e. The van der Waals surface area contributed by atoms with E-state index in [0.717, 1.165) is 25.2 Å². The summed E-state index contributed by atoms with van der Waals surface area (Å²) in [6, 6.07) is 17.4. The SMILES string of the molecule is Cl.NC[C@@H]1CN(Cc2cccc(F)c2)C[C@H]1c1ccccc1. The molecule has 22 heavy (non-hydrogen) atoms. The zero-order valence-corrected chi connectivity index (χ0v) is 13.3. The molecule has 2 aromatic carbocycles. The third kappa shape index (κ3) is 3.86. The highest BCUT2D eigenvalue weighted by Crippen LogP contribution is 2.32. The van der Waals surface area contributed by atoms with E-state index in [1.165, 1.54) is 11.6 Å². The van der Waals surface area contributed by atoms with Crippen LogP contribution in [-0.4, -0.2) is 24.5 Å². The molecule has 118 valence electrons. The molecule has 4 heteroatoms. The molecule has 0 saturated carbocycles. The zero-order chi connectivity index (χ0) is 14.7. The van der Waals surface area contributed by atoms with Crippen molar-refractivity contribution in [1.29, 1.82) is 0 Å². The van der Waals surface area contributed by atoms with Gasteiger partial charge in [0.1, 0.15) is 5.82 Å². The van der Waals surface area contributed by atoms with E-state index in [0.29, 0.717) is 18.4 Å². The van der Waals surface area contributed by atoms with Gasteiger partial charge in [0.2, 0.25) is 0 Å². The van der Waals surface area contributed by atoms with Crippen molar-refractivity contribution in [2.45, 2.75) is 12.5 Å². The molecule has 0 aromatic heterocycles. The van der Waals surface area contributed by atoms with Crippen molar-refractivity contribution in [1.82, 2.24) is 4.90 Å². The summed E-state index contributed by atoms with van der Waals surface area (Å²) in [4.78, 5) is 2.38. The molecule has 3 rings (SSSR count). The third-order valence-electron chi connectivity index (χ3n) is 4.34. The van der Waals surface area contributed by atoms with Gasteiger partial charge in [-0.1, -0.05) is 42.5 Å². The molecule has 0 radical (unpaired) electrons. The molecule has 1 aliphatic heterocycles. The Bertz CT molecular complexity index is 591. The number of likely N-dealkylation sites (tertiary alicyclic amines) is 1. The van der Waals surface area contributed by atoms with Crippen molar-refractivity contribution in [2.75, 3.05) is 19.6 Å². The van der Waals surface area contributed by atoms with Crippen LogP contribution >= 0.6 is 12.4 Å². The standard InChI is InChI=1S/C18H21FN2.ClH/c19-17-8-4-5-14(9-17)11-21-12-16(10-20)18(13-21)15-6-2-1-3-7-15;/h1-9,16,18H,10-13,20H2;1H/t16-,18+;/m1./s1. The van der Waals surface area contributed by atoms with Gasteiger partial charge in [-0.3, -0.25) is 4.90 Å². The van der Waals surface area contributed by atoms with Crippen LogP contribution in [0.4, 0.5) is 4.39 Å². The summed E-state index contributed by atoms with van der Waals surface area (Å²) < 4.78 is 13.3. The molecule has 1 heterocycles. The van der Waals surface area contributed by atoms with Crippen LogP contribution in [0.5, 0.6) is 0 Å². The van der Waals surface area contributed by atoms with E-state index in [4.69, 9.17) is 5.73 Å². The Morgan fingerprint density at radius 3 is 2.50 bits per heavy atom. The largest absolute Gasteiger partial charge is 0.330 e. The van der Waals surface area contributed by atoms with Crippen molar-refractivity contribution < 1.29 is 4.39 Å². The maximum Gasteiger partial charge on any atom is 0.123 e. The van der Waals surface area contributed by atoms with E-state index >= 15 is 0 Å². The summed E-state index contributed by atoms with van der Waals surface area (Å²) in [5.74, 6) is 0.785. The fourth-order valence-electron chi connectivity index (χ4n) is 3.30. The Kier molecular flexibility index (Phi) is 5.95. The first-order chi connectivity index (χ1) is 10.3. The molecule has 0 bridgehead atoms. The Balaban J connectivity index is 0.00000176. The number of benzene rings is 2. The lowest BCUT2D eigenvalue weighted by molar-refractivity contribution is 0.316. The maximum absolute atomic E-state index is 13.3. The number of hydrogen-bond donors (Lipinski definition) is 1. The molecule has 0 unspecified atom stereocenters. The molecule has 2 atom stereocenters. The van der Waals surface area contributed by atoms with Gasteiger partial charge >= 0.3 is 0 Å². The fourth-order valence-corrected chi connectivity index (χ4v) is 3.30. The van der Waals surface area contributed by atoms with Gasteiger partial charge in [0, 0.05) is 25.6 Å². The molecule has 1 saturated heterocycles. The van der Waals surface area contributed by atoms with Gasteiger partial charge < -0.3 is 5.73 Å². The molecule has 2 N–H and O–H groups in total. The second kappa shape index (κ2) is 7.73. The molecule has 2 nitrogen and oxygen atoms in total. The summed E-state index contributed by atoms with van der Waals surface area (Å²) in [5, 5.41) is 0. The summed E-state index contributed by atoms with van der Waals surface area (Å²) in [7, 11) is 0. The molecular formula is C18H22ClFN2. The lowest BCUT2D eigenvalue weighted by Gasteiger charge is -2.17. The lowest BCUT2D eigenvalue weighted by atomic mass is 9.89. The summed E-state index contributed by atoms with van der Waals surface area (Å²) in [6.45, 7) is 3.45. The van der Waals surface area contributed by atoms with E-state index < -0.39 is 0 Å². The summed E-state index contributed by atoms with van der Waals surface area (Å²) >= 11 is 0. The minimum absolute atomic E-state index is 0. The summed E-state index contributed by atoms with van der Waals surface area (Å²) in [5.41, 5.74) is 8.34. The van der Waals surface area contributed by atoms with Crippen molar-refractivity contribution >= 4 is 12.4 Å². The molecule has 1 aliphatic rings. The van der Waals surface area contributed by atoms with Crippen molar-refractivity contribution in [3.63, 3.8) is 0 Å². The van der Waals surface area contributed by atoms with Gasteiger partial charge in [0.25, 0.3) is 0 Å². The first kappa shape index (κ1) is 16.9. The van der Waals surface area contributed by atoms with E-state index in [9.17, 15) is 4.39 Å². The normalized spacial score (nSPS) is 21.5. The molecule has 2 aromatic rings. The summed E-state index contributed by atoms with van der Waals surface area (Å²) in [6.07, 6.45) is 0. The molecular weight excluding hydrogens is 299 g/mol. The molecule has 0 spiro atoms. The van der Waals surface area contributed by atoms with Crippen LogP contribution in [0.2, 0.25) is 0 Å². The number of nitrogens with two attached hydrogens (primary N) is 1. The number of halogens is 2. The van der Waals surface area contributed by atoms with Gasteiger partial charge in [0.05, 0.1) is 0 Å². The van der Waals surface area contributed by atoms with Crippen LogP contribution in [0.1, 0.15) is 17.0 Å². The highest BCUT2D eigenvalue weighted by molar-refractivity contribution is 5.85. The predicted octanol–water partition coefficient (Wildman–Crippen LogP) is 3.42. The smallest absolute Gasteiger partial charge is 0.123 e. The average molecular weight is 321 g/mol. The molecule has 0 aliphatic carbocycles. The van der Waals surface area contributed by atoms with Gasteiger partial charge in [-0.15, -0.1) is 12.4 Å². The highest BCUT2D eigenvalue weighted by Gasteiger charge is 2.32. The average Bonchev–Trinajstić information content (AvgIpc) is 2.91. The lowest BCUT2D eigenvalue weighted by Crippen LogP contribution is -2.23. The Morgan fingerprint density at radius 2 is 1.82 bits per heavy atom. The first-order valence-corrected chi connectivity index (χ1v) is 7.48. The fraction of sp³-hybridized carbons (Fsp3) is 0.333. The van der Waals surface area contributed by atoms with E-state index in [-0.39, 0.29) is 18.2 Å². The number of hydrogen-bond acceptors (Lipinski definition) is 2. The second-order valence-electron chi connectivity index (χ2n) is 5.84. The maximum atomic E-state index is 13.3. The minimum atomic E-state index is -0.165. The monoisotopic (exact) mass is 320 g/mol. The first-order valence-electron chi connectivity index (χ1n) is 7.48. The van der Waals surface area contributed by atoms with Crippen molar-refractivity contribution in [3.05, 3.63) is 71.5 Å². The zero-order valence-electron chi connectivity index (χ0n) is 12.5. The van der Waals surface area contributed by atoms with Crippen LogP contribution in [0.3, 0.4) is 0 Å². The molecule has 1 fully saturated rings. The van der Waals surface area contributed by atoms with Crippen molar-refractivity contribution in [2.24, 2.45) is 11.7 Å². The van der Waals surface area contributed by atoms with Gasteiger partial charge in [-0.25, -0.2) is 4.39 Å².